The van der Waals surface area contributed by atoms with E-state index in [1.54, 1.807) is 0 Å². The standard InChI is InChI=1S/C29H46O5/c1-16(2)8-7-9-18(26(33)34)24-20-14-22(31)25-27(4)12-11-21(30)17(3)19(27)10-13-28(25,5)29(20,6)15-23(24)32/h8,17,19-23,25,30-32H,7,9-15H2,1-6H3,(H,33,34)/b24-18-/t17-,19-,20-,21+,22+,23+,25-,27-,28-,29-/m0/s1. The minimum Gasteiger partial charge on any atom is -0.478 e. The third kappa shape index (κ3) is 3.64. The Bertz CT molecular complexity index is 887. The van der Waals surface area contributed by atoms with Gasteiger partial charge < -0.3 is 20.4 Å². The van der Waals surface area contributed by atoms with Crippen molar-refractivity contribution in [2.75, 3.05) is 0 Å². The van der Waals surface area contributed by atoms with Crippen molar-refractivity contribution in [3.63, 3.8) is 0 Å². The Morgan fingerprint density at radius 3 is 2.32 bits per heavy atom. The van der Waals surface area contributed by atoms with Gasteiger partial charge in [-0.3, -0.25) is 0 Å². The molecular weight excluding hydrogens is 428 g/mol. The molecule has 4 aliphatic carbocycles. The number of aliphatic carboxylic acids is 1. The molecule has 0 aromatic carbocycles. The van der Waals surface area contributed by atoms with Crippen LogP contribution < -0.4 is 0 Å². The summed E-state index contributed by atoms with van der Waals surface area (Å²) >= 11 is 0. The van der Waals surface area contributed by atoms with Gasteiger partial charge >= 0.3 is 5.97 Å². The molecule has 0 aromatic heterocycles. The van der Waals surface area contributed by atoms with E-state index in [-0.39, 0.29) is 40.1 Å². The Labute approximate surface area is 205 Å². The summed E-state index contributed by atoms with van der Waals surface area (Å²) in [5.41, 5.74) is 1.66. The molecule has 192 valence electrons. The van der Waals surface area contributed by atoms with Crippen molar-refractivity contribution >= 4 is 5.97 Å². The van der Waals surface area contributed by atoms with Crippen LogP contribution in [0.5, 0.6) is 0 Å². The number of allylic oxidation sites excluding steroid dienone is 2. The van der Waals surface area contributed by atoms with E-state index in [0.717, 1.165) is 31.3 Å². The molecule has 0 bridgehead atoms. The van der Waals surface area contributed by atoms with E-state index in [4.69, 9.17) is 0 Å². The van der Waals surface area contributed by atoms with Gasteiger partial charge in [-0.1, -0.05) is 39.3 Å². The van der Waals surface area contributed by atoms with Crippen LogP contribution in [0.3, 0.4) is 0 Å². The third-order valence-corrected chi connectivity index (χ3v) is 11.3. The van der Waals surface area contributed by atoms with Crippen LogP contribution in [-0.4, -0.2) is 44.7 Å². The van der Waals surface area contributed by atoms with E-state index in [1.807, 2.05) is 13.8 Å². The number of carboxylic acids is 1. The topological polar surface area (TPSA) is 98.0 Å². The Morgan fingerprint density at radius 2 is 1.71 bits per heavy atom. The van der Waals surface area contributed by atoms with E-state index < -0.39 is 18.2 Å². The van der Waals surface area contributed by atoms with Crippen LogP contribution in [-0.2, 0) is 4.79 Å². The van der Waals surface area contributed by atoms with Gasteiger partial charge in [0.25, 0.3) is 0 Å². The molecule has 4 aliphatic rings. The quantitative estimate of drug-likeness (QED) is 0.336. The second-order valence-corrected chi connectivity index (χ2v) is 13.1. The molecule has 0 radical (unpaired) electrons. The van der Waals surface area contributed by atoms with Gasteiger partial charge in [-0.15, -0.1) is 0 Å². The summed E-state index contributed by atoms with van der Waals surface area (Å²) in [4.78, 5) is 12.4. The van der Waals surface area contributed by atoms with Gasteiger partial charge in [0.15, 0.2) is 0 Å². The van der Waals surface area contributed by atoms with Crippen LogP contribution in [0.1, 0.15) is 92.9 Å². The maximum Gasteiger partial charge on any atom is 0.331 e. The highest BCUT2D eigenvalue weighted by Crippen LogP contribution is 2.74. The van der Waals surface area contributed by atoms with Crippen LogP contribution in [0.25, 0.3) is 0 Å². The van der Waals surface area contributed by atoms with E-state index in [0.29, 0.717) is 42.7 Å². The number of carbonyl (C=O) groups is 1. The molecule has 34 heavy (non-hydrogen) atoms. The molecule has 0 amide bonds. The van der Waals surface area contributed by atoms with Crippen molar-refractivity contribution < 1.29 is 25.2 Å². The maximum atomic E-state index is 12.4. The number of aliphatic hydroxyl groups is 3. The average Bonchev–Trinajstić information content (AvgIpc) is 2.99. The van der Waals surface area contributed by atoms with Gasteiger partial charge in [0, 0.05) is 5.57 Å². The van der Waals surface area contributed by atoms with Crippen molar-refractivity contribution in [1.82, 2.24) is 0 Å². The predicted octanol–water partition coefficient (Wildman–Crippen LogP) is 5.10. The first-order chi connectivity index (χ1) is 15.8. The molecule has 0 aliphatic heterocycles. The first kappa shape index (κ1) is 25.9. The molecule has 10 atom stereocenters. The Balaban J connectivity index is 1.76. The van der Waals surface area contributed by atoms with E-state index >= 15 is 0 Å². The lowest BCUT2D eigenvalue weighted by Crippen LogP contribution is -2.65. The highest BCUT2D eigenvalue weighted by molar-refractivity contribution is 5.88. The van der Waals surface area contributed by atoms with Crippen LogP contribution in [0.4, 0.5) is 0 Å². The van der Waals surface area contributed by atoms with Gasteiger partial charge in [0.2, 0.25) is 0 Å². The minimum atomic E-state index is -0.937. The fraction of sp³-hybridized carbons (Fsp3) is 0.828. The number of hydrogen-bond donors (Lipinski definition) is 4. The lowest BCUT2D eigenvalue weighted by atomic mass is 9.36. The summed E-state index contributed by atoms with van der Waals surface area (Å²) in [7, 11) is 0. The lowest BCUT2D eigenvalue weighted by molar-refractivity contribution is -0.233. The highest BCUT2D eigenvalue weighted by atomic mass is 16.4. The summed E-state index contributed by atoms with van der Waals surface area (Å²) in [6, 6.07) is 0. The van der Waals surface area contributed by atoms with Crippen LogP contribution in [0.15, 0.2) is 22.8 Å². The van der Waals surface area contributed by atoms with Crippen molar-refractivity contribution in [3.05, 3.63) is 22.8 Å². The highest BCUT2D eigenvalue weighted by Gasteiger charge is 2.70. The van der Waals surface area contributed by atoms with Gasteiger partial charge in [-0.25, -0.2) is 4.79 Å². The largest absolute Gasteiger partial charge is 0.478 e. The van der Waals surface area contributed by atoms with Crippen LogP contribution >= 0.6 is 0 Å². The average molecular weight is 475 g/mol. The summed E-state index contributed by atoms with van der Waals surface area (Å²) in [6.45, 7) is 13.1. The van der Waals surface area contributed by atoms with Crippen molar-refractivity contribution in [2.45, 2.75) is 111 Å². The van der Waals surface area contributed by atoms with Gasteiger partial charge in [0.05, 0.1) is 18.3 Å². The van der Waals surface area contributed by atoms with E-state index in [9.17, 15) is 25.2 Å². The van der Waals surface area contributed by atoms with Crippen molar-refractivity contribution in [3.8, 4) is 0 Å². The number of hydrogen-bond acceptors (Lipinski definition) is 4. The summed E-state index contributed by atoms with van der Waals surface area (Å²) in [6.07, 6.45) is 6.25. The zero-order valence-electron chi connectivity index (χ0n) is 22.0. The molecule has 4 rings (SSSR count). The SMILES string of the molecule is CC(C)=CCC/C(C(=O)O)=C1/[C@H](O)C[C@@]2(C)[C@H]1C[C@@H](O)[C@H]1[C@@]3(C)CC[C@@H](O)[C@@H](C)[C@@H]3CC[C@@]12C. The fourth-order valence-corrected chi connectivity index (χ4v) is 9.51. The summed E-state index contributed by atoms with van der Waals surface area (Å²) in [5, 5.41) is 43.8. The Hall–Kier alpha value is -1.17. The second-order valence-electron chi connectivity index (χ2n) is 13.1. The van der Waals surface area contributed by atoms with Gasteiger partial charge in [0.1, 0.15) is 0 Å². The van der Waals surface area contributed by atoms with Gasteiger partial charge in [-0.05, 0) is 111 Å². The molecule has 0 spiro atoms. The Morgan fingerprint density at radius 1 is 1.03 bits per heavy atom. The van der Waals surface area contributed by atoms with Gasteiger partial charge in [-0.2, -0.15) is 0 Å². The van der Waals surface area contributed by atoms with Crippen molar-refractivity contribution in [1.29, 1.82) is 0 Å². The molecule has 0 aromatic rings. The molecule has 4 fully saturated rings. The third-order valence-electron chi connectivity index (χ3n) is 11.3. The molecule has 0 heterocycles. The molecule has 0 saturated heterocycles. The first-order valence-corrected chi connectivity index (χ1v) is 13.4. The minimum absolute atomic E-state index is 0.0600. The molecule has 5 nitrogen and oxygen atoms in total. The predicted molar refractivity (Wildman–Crippen MR) is 133 cm³/mol. The zero-order valence-corrected chi connectivity index (χ0v) is 22.0. The summed E-state index contributed by atoms with van der Waals surface area (Å²) in [5.74, 6) is -0.375. The van der Waals surface area contributed by atoms with E-state index in [2.05, 4.69) is 33.8 Å². The normalized spacial score (nSPS) is 49.5. The van der Waals surface area contributed by atoms with Crippen LogP contribution in [0, 0.1) is 39.9 Å². The number of fused-ring (bicyclic) bond motifs is 5. The molecule has 4 saturated carbocycles. The van der Waals surface area contributed by atoms with E-state index in [1.165, 1.54) is 0 Å². The lowest BCUT2D eigenvalue weighted by Gasteiger charge is -2.69. The summed E-state index contributed by atoms with van der Waals surface area (Å²) < 4.78 is 0. The number of aliphatic hydroxyl groups excluding tert-OH is 3. The monoisotopic (exact) mass is 474 g/mol. The first-order valence-electron chi connectivity index (χ1n) is 13.4. The second kappa shape index (κ2) is 8.74. The maximum absolute atomic E-state index is 12.4. The molecular formula is C29H46O5. The number of rotatable bonds is 4. The smallest absolute Gasteiger partial charge is 0.331 e. The zero-order chi connectivity index (χ0) is 25.2. The number of carboxylic acid groups (broad SMARTS) is 1. The van der Waals surface area contributed by atoms with Crippen LogP contribution in [0.2, 0.25) is 0 Å². The molecule has 5 heteroatoms. The molecule has 0 unspecified atom stereocenters. The Kier molecular flexibility index (Phi) is 6.66. The van der Waals surface area contributed by atoms with Crippen molar-refractivity contribution in [2.24, 2.45) is 39.9 Å². The molecule has 4 N–H and O–H groups in total. The fourth-order valence-electron chi connectivity index (χ4n) is 9.51.